The summed E-state index contributed by atoms with van der Waals surface area (Å²) in [7, 11) is 6.38. The molecule has 1 saturated heterocycles. The molecule has 10 nitrogen and oxygen atoms in total. The zero-order valence-corrected chi connectivity index (χ0v) is 32.9. The van der Waals surface area contributed by atoms with E-state index in [9.17, 15) is 14.7 Å². The lowest BCUT2D eigenvalue weighted by Gasteiger charge is -2.40. The Bertz CT molecular complexity index is 1620. The summed E-state index contributed by atoms with van der Waals surface area (Å²) in [6.07, 6.45) is 7.61. The normalized spacial score (nSPS) is 17.5. The van der Waals surface area contributed by atoms with Crippen molar-refractivity contribution in [1.82, 2.24) is 4.90 Å². The molecule has 1 saturated carbocycles. The lowest BCUT2D eigenvalue weighted by molar-refractivity contribution is -0.163. The van der Waals surface area contributed by atoms with E-state index in [2.05, 4.69) is 22.6 Å². The van der Waals surface area contributed by atoms with E-state index < -0.39 is 24.0 Å². The van der Waals surface area contributed by atoms with Gasteiger partial charge in [-0.15, -0.1) is 0 Å². The Balaban J connectivity index is 1.43. The van der Waals surface area contributed by atoms with Crippen molar-refractivity contribution in [2.24, 2.45) is 5.92 Å². The third-order valence-corrected chi connectivity index (χ3v) is 10.7. The fourth-order valence-corrected chi connectivity index (χ4v) is 7.86. The minimum atomic E-state index is -0.733. The predicted molar refractivity (Wildman–Crippen MR) is 207 cm³/mol. The minimum Gasteiger partial charge on any atom is -0.508 e. The minimum absolute atomic E-state index is 0.0715. The first-order valence-electron chi connectivity index (χ1n) is 18.3. The number of rotatable bonds is 16. The number of likely N-dealkylation sites (tertiary alicyclic amines) is 1. The van der Waals surface area contributed by atoms with Crippen LogP contribution in [-0.2, 0) is 20.7 Å². The molecule has 11 heteroatoms. The molecule has 0 radical (unpaired) electrons. The van der Waals surface area contributed by atoms with E-state index in [0.29, 0.717) is 66.7 Å². The second-order valence-electron chi connectivity index (χ2n) is 13.5. The van der Waals surface area contributed by atoms with Crippen molar-refractivity contribution in [1.29, 1.82) is 0 Å². The van der Waals surface area contributed by atoms with Crippen LogP contribution < -0.4 is 23.7 Å². The van der Waals surface area contributed by atoms with Crippen LogP contribution in [0.2, 0.25) is 0 Å². The van der Waals surface area contributed by atoms with Gasteiger partial charge in [-0.05, 0) is 104 Å². The van der Waals surface area contributed by atoms with Gasteiger partial charge in [0.1, 0.15) is 17.9 Å². The van der Waals surface area contributed by atoms with Crippen molar-refractivity contribution in [3.8, 4) is 34.5 Å². The Kier molecular flexibility index (Phi) is 14.6. The van der Waals surface area contributed by atoms with E-state index >= 15 is 0 Å². The van der Waals surface area contributed by atoms with Gasteiger partial charge in [0, 0.05) is 11.0 Å². The van der Waals surface area contributed by atoms with E-state index in [1.54, 1.807) is 51.5 Å². The van der Waals surface area contributed by atoms with Crippen molar-refractivity contribution < 1.29 is 43.1 Å². The van der Waals surface area contributed by atoms with Gasteiger partial charge in [0.25, 0.3) is 0 Å². The van der Waals surface area contributed by atoms with Crippen LogP contribution in [0, 0.1) is 5.92 Å². The van der Waals surface area contributed by atoms with Gasteiger partial charge in [-0.2, -0.15) is 0 Å². The number of phenols is 1. The van der Waals surface area contributed by atoms with Crippen LogP contribution in [0.3, 0.4) is 0 Å². The van der Waals surface area contributed by atoms with Gasteiger partial charge in [0.15, 0.2) is 23.0 Å². The van der Waals surface area contributed by atoms with Crippen LogP contribution in [0.4, 0.5) is 0 Å². The van der Waals surface area contributed by atoms with Crippen LogP contribution in [0.1, 0.15) is 86.5 Å². The summed E-state index contributed by atoms with van der Waals surface area (Å²) in [4.78, 5) is 31.0. The second kappa shape index (κ2) is 19.3. The fraction of sp³-hybridized carbons (Fsp3) is 0.512. The van der Waals surface area contributed by atoms with E-state index in [1.807, 2.05) is 36.4 Å². The summed E-state index contributed by atoms with van der Waals surface area (Å²) in [5, 5.41) is 10.3. The molecule has 3 atom stereocenters. The van der Waals surface area contributed by atoms with Gasteiger partial charge in [-0.25, -0.2) is 4.79 Å². The van der Waals surface area contributed by atoms with Gasteiger partial charge in [0.05, 0.1) is 41.0 Å². The molecule has 1 aliphatic carbocycles. The molecule has 1 aliphatic heterocycles. The molecule has 52 heavy (non-hydrogen) atoms. The lowest BCUT2D eigenvalue weighted by atomic mass is 9.75. The number of benzene rings is 3. The first kappa shape index (κ1) is 39.3. The molecule has 2 aliphatic rings. The molecule has 2 fully saturated rings. The summed E-state index contributed by atoms with van der Waals surface area (Å²) < 4.78 is 35.6. The third kappa shape index (κ3) is 9.56. The fourth-order valence-electron chi connectivity index (χ4n) is 7.64. The van der Waals surface area contributed by atoms with Crippen molar-refractivity contribution in [2.75, 3.05) is 46.0 Å². The lowest BCUT2D eigenvalue weighted by Crippen LogP contribution is -2.51. The maximum atomic E-state index is 14.9. The number of carbonyl (C=O) groups is 2. The molecule has 3 unspecified atom stereocenters. The quantitative estimate of drug-likeness (QED) is 0.0868. The first-order valence-corrected chi connectivity index (χ1v) is 19.8. The maximum Gasteiger partial charge on any atom is 0.329 e. The number of esters is 1. The molecule has 282 valence electrons. The summed E-state index contributed by atoms with van der Waals surface area (Å²) in [5.41, 5.74) is 2.48. The van der Waals surface area contributed by atoms with Crippen LogP contribution in [0.15, 0.2) is 54.6 Å². The Morgan fingerprint density at radius 2 is 1.50 bits per heavy atom. The molecule has 3 aromatic carbocycles. The highest BCUT2D eigenvalue weighted by Gasteiger charge is 2.41. The predicted octanol–water partition coefficient (Wildman–Crippen LogP) is 8.20. The Labute approximate surface area is 321 Å². The summed E-state index contributed by atoms with van der Waals surface area (Å²) >= 11 is 2.26. The summed E-state index contributed by atoms with van der Waals surface area (Å²) in [6.45, 7) is 0.961. The third-order valence-electron chi connectivity index (χ3n) is 10.3. The number of ether oxygens (including phenoxy) is 6. The number of alkyl halides is 1. The highest BCUT2D eigenvalue weighted by molar-refractivity contribution is 14.1. The number of phenolic OH excluding ortho intramolecular Hbond substituents is 1. The average molecular weight is 830 g/mol. The first-order chi connectivity index (χ1) is 25.3. The van der Waals surface area contributed by atoms with Crippen LogP contribution in [0.5, 0.6) is 34.5 Å². The van der Waals surface area contributed by atoms with Gasteiger partial charge in [-0.1, -0.05) is 60.1 Å². The Morgan fingerprint density at radius 3 is 2.15 bits per heavy atom. The maximum absolute atomic E-state index is 14.9. The number of aryl methyl sites for hydroxylation is 1. The molecule has 0 bridgehead atoms. The standard InChI is InChI=1S/C41H52INO9/c1-47-34-19-17-27(23-35(34)48-2)16-18-33(29-13-10-14-31(44)24-29)52-41(46)32-15-8-9-21-43(32)40(45)38(28-11-6-5-7-12-28)30-25-36(49-3)39(51-22-20-42)37(26-30)50-4/h10,13-14,17,19,23-26,28,32-33,38,44H,5-9,11-12,15-16,18,20-22H2,1-4H3. The van der Waals surface area contributed by atoms with Crippen molar-refractivity contribution >= 4 is 34.5 Å². The average Bonchev–Trinajstić information content (AvgIpc) is 3.18. The van der Waals surface area contributed by atoms with Gasteiger partial charge >= 0.3 is 5.97 Å². The molecular weight excluding hydrogens is 777 g/mol. The van der Waals surface area contributed by atoms with Gasteiger partial charge in [-0.3, -0.25) is 4.79 Å². The van der Waals surface area contributed by atoms with Gasteiger partial charge in [0.2, 0.25) is 11.7 Å². The van der Waals surface area contributed by atoms with Crippen molar-refractivity contribution in [2.45, 2.75) is 82.3 Å². The van der Waals surface area contributed by atoms with Crippen LogP contribution >= 0.6 is 22.6 Å². The Hall–Kier alpha value is -3.87. The smallest absolute Gasteiger partial charge is 0.329 e. The summed E-state index contributed by atoms with van der Waals surface area (Å²) in [5.74, 6) is 2.01. The highest BCUT2D eigenvalue weighted by atomic mass is 127. The van der Waals surface area contributed by atoms with Gasteiger partial charge < -0.3 is 38.4 Å². The molecule has 1 N–H and O–H groups in total. The molecule has 3 aromatic rings. The number of methoxy groups -OCH3 is 4. The number of amides is 1. The second-order valence-corrected chi connectivity index (χ2v) is 14.5. The number of nitrogens with zero attached hydrogens (tertiary/aromatic N) is 1. The number of piperidine rings is 1. The molecule has 1 heterocycles. The number of hydrogen-bond donors (Lipinski definition) is 1. The van der Waals surface area contributed by atoms with E-state index in [4.69, 9.17) is 28.4 Å². The zero-order chi connectivity index (χ0) is 37.0. The summed E-state index contributed by atoms with van der Waals surface area (Å²) in [6, 6.07) is 15.6. The van der Waals surface area contributed by atoms with Crippen LogP contribution in [0.25, 0.3) is 0 Å². The highest BCUT2D eigenvalue weighted by Crippen LogP contribution is 2.45. The van der Waals surface area contributed by atoms with E-state index in [1.165, 1.54) is 0 Å². The zero-order valence-electron chi connectivity index (χ0n) is 30.7. The number of aromatic hydroxyl groups is 1. The topological polar surface area (TPSA) is 113 Å². The molecule has 5 rings (SSSR count). The monoisotopic (exact) mass is 829 g/mol. The molecule has 1 amide bonds. The van der Waals surface area contributed by atoms with Crippen molar-refractivity contribution in [3.63, 3.8) is 0 Å². The number of carbonyl (C=O) groups excluding carboxylic acids is 2. The largest absolute Gasteiger partial charge is 0.508 e. The van der Waals surface area contributed by atoms with Crippen LogP contribution in [-0.4, -0.2) is 73.9 Å². The Morgan fingerprint density at radius 1 is 0.808 bits per heavy atom. The number of halogens is 1. The number of hydrogen-bond acceptors (Lipinski definition) is 9. The molecule has 0 spiro atoms. The van der Waals surface area contributed by atoms with E-state index in [0.717, 1.165) is 60.5 Å². The molecule has 0 aromatic heterocycles. The van der Waals surface area contributed by atoms with E-state index in [-0.39, 0.29) is 17.6 Å². The molecular formula is C41H52INO9. The SMILES string of the molecule is COc1ccc(CCC(OC(=O)C2CCCCN2C(=O)C(c2cc(OC)c(OCCI)c(OC)c2)C2CCCCC2)c2cccc(O)c2)cc1OC. The van der Waals surface area contributed by atoms with Crippen molar-refractivity contribution in [3.05, 3.63) is 71.3 Å².